The van der Waals surface area contributed by atoms with Gasteiger partial charge in [0.1, 0.15) is 11.6 Å². The molecule has 0 unspecified atom stereocenters. The maximum Gasteiger partial charge on any atom is 0.256 e. The van der Waals surface area contributed by atoms with E-state index in [0.717, 1.165) is 0 Å². The van der Waals surface area contributed by atoms with Crippen molar-refractivity contribution in [1.82, 2.24) is 10.3 Å². The van der Waals surface area contributed by atoms with Crippen LogP contribution in [0.1, 0.15) is 23.7 Å². The first-order valence-corrected chi connectivity index (χ1v) is 8.40. The van der Waals surface area contributed by atoms with Crippen LogP contribution in [0.5, 0.6) is 5.75 Å². The zero-order valence-corrected chi connectivity index (χ0v) is 16.4. The van der Waals surface area contributed by atoms with Crippen molar-refractivity contribution < 1.29 is 19.0 Å². The van der Waals surface area contributed by atoms with Crippen molar-refractivity contribution in [3.8, 4) is 17.6 Å². The summed E-state index contributed by atoms with van der Waals surface area (Å²) in [6, 6.07) is 3.97. The molecular weight excluding hydrogens is 385 g/mol. The van der Waals surface area contributed by atoms with Gasteiger partial charge in [0.2, 0.25) is 0 Å². The molecule has 2 heterocycles. The largest absolute Gasteiger partial charge is 0.495 e. The first-order chi connectivity index (χ1) is 13.0. The fourth-order valence-corrected chi connectivity index (χ4v) is 2.91. The molecule has 0 aliphatic carbocycles. The fourth-order valence-electron chi connectivity index (χ4n) is 2.91. The van der Waals surface area contributed by atoms with Gasteiger partial charge in [-0.1, -0.05) is 11.8 Å². The third kappa shape index (κ3) is 4.04. The molecule has 148 valence electrons. The van der Waals surface area contributed by atoms with Crippen LogP contribution >= 0.6 is 12.4 Å². The second-order valence-electron chi connectivity index (χ2n) is 6.09. The summed E-state index contributed by atoms with van der Waals surface area (Å²) in [5, 5.41) is 15.3. The number of aromatic amines is 1. The van der Waals surface area contributed by atoms with Gasteiger partial charge in [-0.25, -0.2) is 4.39 Å². The predicted octanol–water partition coefficient (Wildman–Crippen LogP) is 2.40. The third-order valence-corrected chi connectivity index (χ3v) is 4.31. The van der Waals surface area contributed by atoms with Gasteiger partial charge in [-0.2, -0.15) is 0 Å². The highest BCUT2D eigenvalue weighted by atomic mass is 35.5. The maximum absolute atomic E-state index is 14.5. The van der Waals surface area contributed by atoms with Crippen molar-refractivity contribution in [3.63, 3.8) is 0 Å². The second-order valence-corrected chi connectivity index (χ2v) is 6.09. The standard InChI is InChI=1S/C20H20FN3O3.ClH/c1-11(25)15(22-2)6-4-12-14(21)5-7-16-19(12)13(20(26)24-16)10-17-18(27-3)8-9-23-17;/h5,7-11,15,22-23,25H,1-3H3,(H,24,26);1H/t11-,15-;/m1./s1. The number of nitrogens with one attached hydrogen (secondary N) is 3. The number of hydrogen-bond donors (Lipinski definition) is 4. The van der Waals surface area contributed by atoms with Gasteiger partial charge in [-0.3, -0.25) is 4.79 Å². The van der Waals surface area contributed by atoms with E-state index < -0.39 is 18.0 Å². The highest BCUT2D eigenvalue weighted by Crippen LogP contribution is 2.37. The van der Waals surface area contributed by atoms with E-state index in [2.05, 4.69) is 27.5 Å². The maximum atomic E-state index is 14.5. The number of anilines is 1. The number of halogens is 2. The molecule has 2 atom stereocenters. The first-order valence-electron chi connectivity index (χ1n) is 8.40. The van der Waals surface area contributed by atoms with Gasteiger partial charge in [-0.05, 0) is 38.2 Å². The Morgan fingerprint density at radius 3 is 2.75 bits per heavy atom. The number of amides is 1. The number of carbonyl (C=O) groups excluding carboxylic acids is 1. The number of methoxy groups -OCH3 is 1. The number of H-pyrrole nitrogens is 1. The van der Waals surface area contributed by atoms with E-state index >= 15 is 0 Å². The van der Waals surface area contributed by atoms with Crippen molar-refractivity contribution in [2.75, 3.05) is 19.5 Å². The van der Waals surface area contributed by atoms with Crippen molar-refractivity contribution in [2.45, 2.75) is 19.1 Å². The quantitative estimate of drug-likeness (QED) is 0.465. The number of rotatable bonds is 4. The van der Waals surface area contributed by atoms with Crippen molar-refractivity contribution >= 4 is 35.7 Å². The Hall–Kier alpha value is -2.79. The van der Waals surface area contributed by atoms with E-state index in [1.54, 1.807) is 32.3 Å². The number of fused-ring (bicyclic) bond motifs is 1. The molecule has 1 aromatic carbocycles. The SMILES string of the molecule is CN[C@H](C#Cc1c(F)ccc2c1C(=Cc1[nH]ccc1OC)C(=O)N2)[C@@H](C)O.Cl. The zero-order valence-electron chi connectivity index (χ0n) is 15.6. The van der Waals surface area contributed by atoms with Crippen LogP contribution in [0.15, 0.2) is 24.4 Å². The van der Waals surface area contributed by atoms with Crippen molar-refractivity contribution in [3.05, 3.63) is 47.0 Å². The molecule has 0 saturated heterocycles. The zero-order chi connectivity index (χ0) is 19.6. The molecule has 3 rings (SSSR count). The Bertz CT molecular complexity index is 973. The number of aliphatic hydroxyl groups is 1. The number of hydrogen-bond acceptors (Lipinski definition) is 4. The summed E-state index contributed by atoms with van der Waals surface area (Å²) in [7, 11) is 3.18. The summed E-state index contributed by atoms with van der Waals surface area (Å²) in [5.41, 5.74) is 1.86. The average Bonchev–Trinajstić information content (AvgIpc) is 3.21. The second kappa shape index (κ2) is 8.93. The number of benzene rings is 1. The third-order valence-electron chi connectivity index (χ3n) is 4.31. The van der Waals surface area contributed by atoms with Crippen LogP contribution in [-0.4, -0.2) is 42.3 Å². The number of carbonyl (C=O) groups is 1. The highest BCUT2D eigenvalue weighted by molar-refractivity contribution is 6.35. The molecule has 0 saturated carbocycles. The average molecular weight is 406 g/mol. The molecule has 28 heavy (non-hydrogen) atoms. The Labute approximate surface area is 168 Å². The molecule has 0 bridgehead atoms. The summed E-state index contributed by atoms with van der Waals surface area (Å²) in [4.78, 5) is 15.5. The van der Waals surface area contributed by atoms with Crippen LogP contribution in [0.3, 0.4) is 0 Å². The Balaban J connectivity index is 0.00000280. The molecule has 6 nitrogen and oxygen atoms in total. The van der Waals surface area contributed by atoms with Crippen molar-refractivity contribution in [1.29, 1.82) is 0 Å². The Morgan fingerprint density at radius 1 is 1.36 bits per heavy atom. The van der Waals surface area contributed by atoms with E-state index in [4.69, 9.17) is 4.74 Å². The highest BCUT2D eigenvalue weighted by Gasteiger charge is 2.29. The number of ether oxygens (including phenoxy) is 1. The lowest BCUT2D eigenvalue weighted by molar-refractivity contribution is -0.110. The minimum Gasteiger partial charge on any atom is -0.495 e. The summed E-state index contributed by atoms with van der Waals surface area (Å²) in [6.45, 7) is 1.59. The van der Waals surface area contributed by atoms with Crippen LogP contribution in [-0.2, 0) is 4.79 Å². The number of aromatic nitrogens is 1. The minimum absolute atomic E-state index is 0. The molecule has 2 aromatic rings. The lowest BCUT2D eigenvalue weighted by atomic mass is 9.98. The summed E-state index contributed by atoms with van der Waals surface area (Å²) >= 11 is 0. The molecule has 1 aliphatic heterocycles. The predicted molar refractivity (Wildman–Crippen MR) is 109 cm³/mol. The summed E-state index contributed by atoms with van der Waals surface area (Å²) in [5.74, 6) is 5.28. The molecule has 0 fully saturated rings. The van der Waals surface area contributed by atoms with Gasteiger partial charge in [-0.15, -0.1) is 12.4 Å². The molecule has 1 aromatic heterocycles. The van der Waals surface area contributed by atoms with Gasteiger partial charge >= 0.3 is 0 Å². The Morgan fingerprint density at radius 2 is 2.11 bits per heavy atom. The van der Waals surface area contributed by atoms with E-state index in [0.29, 0.717) is 22.7 Å². The van der Waals surface area contributed by atoms with Crippen LogP contribution in [0.4, 0.5) is 10.1 Å². The van der Waals surface area contributed by atoms with Gasteiger partial charge < -0.3 is 25.5 Å². The molecular formula is C20H21ClFN3O3. The molecule has 4 N–H and O–H groups in total. The van der Waals surface area contributed by atoms with E-state index in [1.165, 1.54) is 19.2 Å². The number of likely N-dealkylation sites (N-methyl/N-ethyl adjacent to an activating group) is 1. The van der Waals surface area contributed by atoms with Crippen LogP contribution in [0.2, 0.25) is 0 Å². The molecule has 0 spiro atoms. The summed E-state index contributed by atoms with van der Waals surface area (Å²) < 4.78 is 19.8. The van der Waals surface area contributed by atoms with Gasteiger partial charge in [0.15, 0.2) is 0 Å². The van der Waals surface area contributed by atoms with E-state index in [9.17, 15) is 14.3 Å². The molecule has 0 radical (unpaired) electrons. The fraction of sp³-hybridized carbons (Fsp3) is 0.250. The number of aliphatic hydroxyl groups excluding tert-OH is 1. The topological polar surface area (TPSA) is 86.4 Å². The van der Waals surface area contributed by atoms with Crippen LogP contribution in [0, 0.1) is 17.7 Å². The first kappa shape index (κ1) is 21.5. The Kier molecular flexibility index (Phi) is 6.86. The molecule has 1 aliphatic rings. The smallest absolute Gasteiger partial charge is 0.256 e. The van der Waals surface area contributed by atoms with Gasteiger partial charge in [0.25, 0.3) is 5.91 Å². The van der Waals surface area contributed by atoms with Gasteiger partial charge in [0.05, 0.1) is 41.8 Å². The lowest BCUT2D eigenvalue weighted by Crippen LogP contribution is -2.34. The van der Waals surface area contributed by atoms with Crippen LogP contribution in [0.25, 0.3) is 11.6 Å². The molecule has 1 amide bonds. The normalized spacial score (nSPS) is 15.8. The minimum atomic E-state index is -0.736. The summed E-state index contributed by atoms with van der Waals surface area (Å²) in [6.07, 6.45) is 2.56. The lowest BCUT2D eigenvalue weighted by Gasteiger charge is -2.12. The van der Waals surface area contributed by atoms with Gasteiger partial charge in [0, 0.05) is 11.8 Å². The monoisotopic (exact) mass is 405 g/mol. The van der Waals surface area contributed by atoms with E-state index in [1.807, 2.05) is 0 Å². The van der Waals surface area contributed by atoms with Crippen LogP contribution < -0.4 is 15.4 Å². The van der Waals surface area contributed by atoms with Crippen molar-refractivity contribution in [2.24, 2.45) is 0 Å². The molecule has 8 heteroatoms. The van der Waals surface area contributed by atoms with E-state index in [-0.39, 0.29) is 29.5 Å².